The lowest BCUT2D eigenvalue weighted by molar-refractivity contribution is -0.137. The lowest BCUT2D eigenvalue weighted by atomic mass is 10.1. The van der Waals surface area contributed by atoms with Crippen LogP contribution in [0, 0.1) is 5.82 Å². The number of halogens is 5. The molecule has 0 aromatic heterocycles. The standard InChI is InChI=1S/C17H15BrF4N2O2/c1-24(2)11-4-5-14(12(8-11)17(20,21)22)23-16(25)9-26-15-6-3-10(18)7-13(15)19/h3-8H,9H2,1-2H3,(H,23,25). The Balaban J connectivity index is 2.13. The van der Waals surface area contributed by atoms with Crippen molar-refractivity contribution in [3.8, 4) is 5.75 Å². The number of amides is 1. The number of ether oxygens (including phenoxy) is 1. The van der Waals surface area contributed by atoms with Gasteiger partial charge in [-0.25, -0.2) is 4.39 Å². The van der Waals surface area contributed by atoms with E-state index in [2.05, 4.69) is 21.2 Å². The number of nitrogens with zero attached hydrogens (tertiary/aromatic N) is 1. The molecule has 0 aliphatic rings. The van der Waals surface area contributed by atoms with Gasteiger partial charge in [-0.1, -0.05) is 15.9 Å². The molecular weight excluding hydrogens is 420 g/mol. The molecule has 0 saturated heterocycles. The van der Waals surface area contributed by atoms with E-state index >= 15 is 0 Å². The van der Waals surface area contributed by atoms with E-state index in [0.29, 0.717) is 10.2 Å². The molecule has 4 nitrogen and oxygen atoms in total. The highest BCUT2D eigenvalue weighted by molar-refractivity contribution is 9.10. The summed E-state index contributed by atoms with van der Waals surface area (Å²) in [5.41, 5.74) is -1.04. The number of nitrogens with one attached hydrogen (secondary N) is 1. The minimum Gasteiger partial charge on any atom is -0.481 e. The quantitative estimate of drug-likeness (QED) is 0.694. The molecule has 0 aliphatic carbocycles. The van der Waals surface area contributed by atoms with Gasteiger partial charge in [0.1, 0.15) is 0 Å². The van der Waals surface area contributed by atoms with Gasteiger partial charge in [0.25, 0.3) is 5.91 Å². The Hall–Kier alpha value is -2.29. The molecule has 1 amide bonds. The summed E-state index contributed by atoms with van der Waals surface area (Å²) in [6, 6.07) is 7.51. The van der Waals surface area contributed by atoms with Crippen molar-refractivity contribution in [2.24, 2.45) is 0 Å². The number of hydrogen-bond donors (Lipinski definition) is 1. The summed E-state index contributed by atoms with van der Waals surface area (Å²) >= 11 is 3.08. The fraction of sp³-hybridized carbons (Fsp3) is 0.235. The van der Waals surface area contributed by atoms with Gasteiger partial charge in [0.05, 0.1) is 11.3 Å². The Morgan fingerprint density at radius 3 is 2.46 bits per heavy atom. The normalized spacial score (nSPS) is 11.2. The fourth-order valence-electron chi connectivity index (χ4n) is 2.08. The van der Waals surface area contributed by atoms with Crippen molar-refractivity contribution in [3.05, 3.63) is 52.3 Å². The molecule has 0 bridgehead atoms. The summed E-state index contributed by atoms with van der Waals surface area (Å²) in [7, 11) is 3.21. The Labute approximate surface area is 155 Å². The molecule has 0 unspecified atom stereocenters. The smallest absolute Gasteiger partial charge is 0.418 e. The van der Waals surface area contributed by atoms with Crippen molar-refractivity contribution >= 4 is 33.2 Å². The zero-order valence-electron chi connectivity index (χ0n) is 13.8. The topological polar surface area (TPSA) is 41.6 Å². The maximum Gasteiger partial charge on any atom is 0.418 e. The molecule has 0 saturated carbocycles. The molecule has 2 rings (SSSR count). The fourth-order valence-corrected chi connectivity index (χ4v) is 2.41. The van der Waals surface area contributed by atoms with E-state index in [1.165, 1.54) is 23.1 Å². The highest BCUT2D eigenvalue weighted by Gasteiger charge is 2.34. The number of rotatable bonds is 5. The Bertz CT molecular complexity index is 810. The Morgan fingerprint density at radius 1 is 1.19 bits per heavy atom. The molecule has 0 fully saturated rings. The third-order valence-electron chi connectivity index (χ3n) is 3.35. The molecule has 2 aromatic rings. The first-order valence-electron chi connectivity index (χ1n) is 7.34. The second-order valence-electron chi connectivity index (χ2n) is 5.53. The summed E-state index contributed by atoms with van der Waals surface area (Å²) in [6.07, 6.45) is -4.65. The highest BCUT2D eigenvalue weighted by Crippen LogP contribution is 2.37. The molecule has 0 spiro atoms. The average molecular weight is 435 g/mol. The summed E-state index contributed by atoms with van der Waals surface area (Å²) in [6.45, 7) is -0.634. The number of alkyl halides is 3. The maximum atomic E-state index is 13.6. The first-order chi connectivity index (χ1) is 12.1. The average Bonchev–Trinajstić information content (AvgIpc) is 2.53. The van der Waals surface area contributed by atoms with Gasteiger partial charge >= 0.3 is 6.18 Å². The van der Waals surface area contributed by atoms with Crippen LogP contribution in [0.1, 0.15) is 5.56 Å². The molecule has 140 valence electrons. The summed E-state index contributed by atoms with van der Waals surface area (Å²) in [5.74, 6) is -1.71. The minimum atomic E-state index is -4.65. The van der Waals surface area contributed by atoms with Crippen LogP contribution in [0.25, 0.3) is 0 Å². The largest absolute Gasteiger partial charge is 0.481 e. The van der Waals surface area contributed by atoms with Crippen LogP contribution in [0.2, 0.25) is 0 Å². The van der Waals surface area contributed by atoms with Crippen LogP contribution < -0.4 is 15.0 Å². The van der Waals surface area contributed by atoms with E-state index in [1.54, 1.807) is 14.1 Å². The lowest BCUT2D eigenvalue weighted by Crippen LogP contribution is -2.23. The number of benzene rings is 2. The van der Waals surface area contributed by atoms with E-state index in [-0.39, 0.29) is 5.75 Å². The van der Waals surface area contributed by atoms with Gasteiger partial charge in [0.15, 0.2) is 18.2 Å². The zero-order valence-corrected chi connectivity index (χ0v) is 15.4. The second-order valence-corrected chi connectivity index (χ2v) is 6.45. The predicted molar refractivity (Wildman–Crippen MR) is 94.0 cm³/mol. The van der Waals surface area contributed by atoms with E-state index < -0.39 is 35.8 Å². The van der Waals surface area contributed by atoms with Crippen LogP contribution in [-0.2, 0) is 11.0 Å². The Kier molecular flexibility index (Phi) is 6.12. The summed E-state index contributed by atoms with van der Waals surface area (Å²) < 4.78 is 58.8. The SMILES string of the molecule is CN(C)c1ccc(NC(=O)COc2ccc(Br)cc2F)c(C(F)(F)F)c1. The van der Waals surface area contributed by atoms with Crippen molar-refractivity contribution in [3.63, 3.8) is 0 Å². The molecule has 0 radical (unpaired) electrons. The molecule has 9 heteroatoms. The van der Waals surface area contributed by atoms with Gasteiger partial charge in [0, 0.05) is 24.3 Å². The predicted octanol–water partition coefficient (Wildman–Crippen LogP) is 4.69. The minimum absolute atomic E-state index is 0.178. The van der Waals surface area contributed by atoms with Crippen LogP contribution in [-0.4, -0.2) is 26.6 Å². The lowest BCUT2D eigenvalue weighted by Gasteiger charge is -2.18. The molecule has 0 heterocycles. The highest BCUT2D eigenvalue weighted by atomic mass is 79.9. The van der Waals surface area contributed by atoms with Crippen LogP contribution in [0.3, 0.4) is 0 Å². The van der Waals surface area contributed by atoms with Gasteiger partial charge in [-0.05, 0) is 36.4 Å². The first kappa shape index (κ1) is 20.0. The molecule has 2 aromatic carbocycles. The third kappa shape index (κ3) is 5.10. The zero-order chi connectivity index (χ0) is 19.5. The van der Waals surface area contributed by atoms with E-state index in [4.69, 9.17) is 4.74 Å². The van der Waals surface area contributed by atoms with Crippen molar-refractivity contribution < 1.29 is 27.1 Å². The molecule has 0 aliphatic heterocycles. The third-order valence-corrected chi connectivity index (χ3v) is 3.84. The summed E-state index contributed by atoms with van der Waals surface area (Å²) in [4.78, 5) is 13.4. The van der Waals surface area contributed by atoms with Gasteiger partial charge in [0.2, 0.25) is 0 Å². The van der Waals surface area contributed by atoms with E-state index in [0.717, 1.165) is 18.2 Å². The van der Waals surface area contributed by atoms with Gasteiger partial charge < -0.3 is 15.0 Å². The van der Waals surface area contributed by atoms with Crippen LogP contribution in [0.15, 0.2) is 40.9 Å². The van der Waals surface area contributed by atoms with Crippen molar-refractivity contribution in [1.82, 2.24) is 0 Å². The van der Waals surface area contributed by atoms with E-state index in [1.807, 2.05) is 0 Å². The van der Waals surface area contributed by atoms with Crippen molar-refractivity contribution in [2.45, 2.75) is 6.18 Å². The monoisotopic (exact) mass is 434 g/mol. The number of anilines is 2. The van der Waals surface area contributed by atoms with Crippen LogP contribution >= 0.6 is 15.9 Å². The number of carbonyl (C=O) groups is 1. The Morgan fingerprint density at radius 2 is 1.88 bits per heavy atom. The van der Waals surface area contributed by atoms with E-state index in [9.17, 15) is 22.4 Å². The maximum absolute atomic E-state index is 13.6. The molecule has 0 atom stereocenters. The first-order valence-corrected chi connectivity index (χ1v) is 8.13. The van der Waals surface area contributed by atoms with Gasteiger partial charge in [-0.2, -0.15) is 13.2 Å². The summed E-state index contributed by atoms with van der Waals surface area (Å²) in [5, 5.41) is 2.15. The van der Waals surface area contributed by atoms with Crippen LogP contribution in [0.5, 0.6) is 5.75 Å². The van der Waals surface area contributed by atoms with Crippen LogP contribution in [0.4, 0.5) is 28.9 Å². The number of carbonyl (C=O) groups excluding carboxylic acids is 1. The van der Waals surface area contributed by atoms with Crippen molar-refractivity contribution in [1.29, 1.82) is 0 Å². The number of hydrogen-bond acceptors (Lipinski definition) is 3. The molecular formula is C17H15BrF4N2O2. The van der Waals surface area contributed by atoms with Crippen molar-refractivity contribution in [2.75, 3.05) is 30.9 Å². The molecule has 26 heavy (non-hydrogen) atoms. The molecule has 1 N–H and O–H groups in total. The second kappa shape index (κ2) is 7.94. The van der Waals surface area contributed by atoms with Gasteiger partial charge in [-0.3, -0.25) is 4.79 Å². The van der Waals surface area contributed by atoms with Gasteiger partial charge in [-0.15, -0.1) is 0 Å².